The third kappa shape index (κ3) is 3.51. The van der Waals surface area contributed by atoms with Crippen LogP contribution >= 0.6 is 0 Å². The highest BCUT2D eigenvalue weighted by atomic mass is 16.6. The van der Waals surface area contributed by atoms with Gasteiger partial charge in [0.25, 0.3) is 0 Å². The maximum absolute atomic E-state index is 11.5. The maximum atomic E-state index is 11.5. The largest absolute Gasteiger partial charge is 0.460 e. The van der Waals surface area contributed by atoms with Gasteiger partial charge in [0.05, 0.1) is 6.61 Å². The highest BCUT2D eigenvalue weighted by Gasteiger charge is 2.39. The minimum Gasteiger partial charge on any atom is -0.460 e. The minimum absolute atomic E-state index is 0.145. The fourth-order valence-corrected chi connectivity index (χ4v) is 3.69. The number of benzene rings is 3. The van der Waals surface area contributed by atoms with E-state index in [1.54, 1.807) is 0 Å². The van der Waals surface area contributed by atoms with E-state index in [4.69, 9.17) is 9.47 Å². The van der Waals surface area contributed by atoms with E-state index in [0.29, 0.717) is 19.4 Å². The third-order valence-electron chi connectivity index (χ3n) is 5.00. The molecule has 1 atom stereocenters. The summed E-state index contributed by atoms with van der Waals surface area (Å²) in [6, 6.07) is 30.6. The Morgan fingerprint density at radius 2 is 1.22 bits per heavy atom. The Morgan fingerprint density at radius 1 is 0.778 bits per heavy atom. The van der Waals surface area contributed by atoms with Crippen LogP contribution in [0.2, 0.25) is 0 Å². The number of carbonyl (C=O) groups is 1. The minimum atomic E-state index is -0.765. The van der Waals surface area contributed by atoms with Crippen molar-refractivity contribution in [2.24, 2.45) is 0 Å². The Labute approximate surface area is 159 Å². The first-order valence-corrected chi connectivity index (χ1v) is 9.29. The molecular formula is C24H22O3. The van der Waals surface area contributed by atoms with Crippen molar-refractivity contribution in [1.82, 2.24) is 0 Å². The van der Waals surface area contributed by atoms with Crippen LogP contribution in [0, 0.1) is 0 Å². The van der Waals surface area contributed by atoms with Crippen LogP contribution in [0.5, 0.6) is 0 Å². The lowest BCUT2D eigenvalue weighted by atomic mass is 9.80. The molecule has 3 nitrogen and oxygen atoms in total. The molecule has 27 heavy (non-hydrogen) atoms. The van der Waals surface area contributed by atoms with Gasteiger partial charge in [0.1, 0.15) is 11.7 Å². The molecule has 0 aliphatic carbocycles. The van der Waals surface area contributed by atoms with Crippen LogP contribution in [0.3, 0.4) is 0 Å². The van der Waals surface area contributed by atoms with Crippen molar-refractivity contribution in [3.05, 3.63) is 108 Å². The monoisotopic (exact) mass is 358 g/mol. The summed E-state index contributed by atoms with van der Waals surface area (Å²) in [6.07, 6.45) is 0.962. The Balaban J connectivity index is 1.82. The molecule has 1 aliphatic rings. The molecule has 136 valence electrons. The summed E-state index contributed by atoms with van der Waals surface area (Å²) in [4.78, 5) is 11.5. The zero-order chi connectivity index (χ0) is 18.5. The van der Waals surface area contributed by atoms with E-state index >= 15 is 0 Å². The average Bonchev–Trinajstić information content (AvgIpc) is 3.16. The van der Waals surface area contributed by atoms with E-state index in [1.165, 1.54) is 0 Å². The highest BCUT2D eigenvalue weighted by molar-refractivity contribution is 5.71. The van der Waals surface area contributed by atoms with Crippen LogP contribution < -0.4 is 0 Å². The first-order chi connectivity index (χ1) is 13.3. The van der Waals surface area contributed by atoms with Crippen molar-refractivity contribution >= 4 is 5.97 Å². The zero-order valence-electron chi connectivity index (χ0n) is 15.1. The van der Waals surface area contributed by atoms with Gasteiger partial charge in [-0.05, 0) is 23.1 Å². The lowest BCUT2D eigenvalue weighted by molar-refractivity contribution is -0.145. The topological polar surface area (TPSA) is 35.5 Å². The summed E-state index contributed by atoms with van der Waals surface area (Å²) >= 11 is 0. The molecule has 0 bridgehead atoms. The van der Waals surface area contributed by atoms with E-state index in [-0.39, 0.29) is 12.1 Å². The molecule has 1 fully saturated rings. The summed E-state index contributed by atoms with van der Waals surface area (Å²) in [5, 5.41) is 0. The lowest BCUT2D eigenvalue weighted by Crippen LogP contribution is -2.35. The molecule has 0 radical (unpaired) electrons. The standard InChI is InChI=1S/C24H22O3/c25-23-17-16-22(27-23)18-26-24(19-10-4-1-5-11-19,20-12-6-2-7-13-20)21-14-8-3-9-15-21/h1-15,22H,16-18H2/t22-/m1/s1. The van der Waals surface area contributed by atoms with Crippen molar-refractivity contribution in [2.45, 2.75) is 24.5 Å². The molecule has 1 saturated heterocycles. The number of rotatable bonds is 6. The molecule has 0 unspecified atom stereocenters. The molecule has 3 heteroatoms. The van der Waals surface area contributed by atoms with Gasteiger partial charge in [0.15, 0.2) is 0 Å². The molecule has 1 aliphatic heterocycles. The van der Waals surface area contributed by atoms with Gasteiger partial charge < -0.3 is 9.47 Å². The lowest BCUT2D eigenvalue weighted by Gasteiger charge is -2.36. The predicted octanol–water partition coefficient (Wildman–Crippen LogP) is 4.70. The van der Waals surface area contributed by atoms with Crippen molar-refractivity contribution < 1.29 is 14.3 Å². The molecule has 0 amide bonds. The van der Waals surface area contributed by atoms with E-state index in [2.05, 4.69) is 36.4 Å². The smallest absolute Gasteiger partial charge is 0.306 e. The van der Waals surface area contributed by atoms with Crippen LogP contribution in [0.25, 0.3) is 0 Å². The van der Waals surface area contributed by atoms with Gasteiger partial charge in [-0.2, -0.15) is 0 Å². The normalized spacial score (nSPS) is 16.9. The van der Waals surface area contributed by atoms with Gasteiger partial charge in [-0.15, -0.1) is 0 Å². The van der Waals surface area contributed by atoms with Crippen LogP contribution in [-0.4, -0.2) is 18.7 Å². The van der Waals surface area contributed by atoms with Crippen molar-refractivity contribution in [3.8, 4) is 0 Å². The Bertz CT molecular complexity index is 779. The van der Waals surface area contributed by atoms with Gasteiger partial charge in [0.2, 0.25) is 0 Å². The number of cyclic esters (lactones) is 1. The number of hydrogen-bond donors (Lipinski definition) is 0. The Kier molecular flexibility index (Phi) is 5.03. The highest BCUT2D eigenvalue weighted by Crippen LogP contribution is 2.40. The molecule has 0 N–H and O–H groups in total. The van der Waals surface area contributed by atoms with Gasteiger partial charge in [-0.25, -0.2) is 0 Å². The molecule has 3 aromatic rings. The van der Waals surface area contributed by atoms with Crippen molar-refractivity contribution in [1.29, 1.82) is 0 Å². The summed E-state index contributed by atoms with van der Waals surface area (Å²) < 4.78 is 12.0. The van der Waals surface area contributed by atoms with E-state index in [9.17, 15) is 4.79 Å². The number of ether oxygens (including phenoxy) is 2. The van der Waals surface area contributed by atoms with Crippen LogP contribution in [0.1, 0.15) is 29.5 Å². The van der Waals surface area contributed by atoms with Gasteiger partial charge in [0, 0.05) is 6.42 Å². The fourth-order valence-electron chi connectivity index (χ4n) is 3.69. The first kappa shape index (κ1) is 17.5. The van der Waals surface area contributed by atoms with E-state index in [0.717, 1.165) is 16.7 Å². The zero-order valence-corrected chi connectivity index (χ0v) is 15.1. The second-order valence-electron chi connectivity index (χ2n) is 6.74. The summed E-state index contributed by atoms with van der Waals surface area (Å²) in [6.45, 7) is 0.352. The molecule has 1 heterocycles. The van der Waals surface area contributed by atoms with Crippen molar-refractivity contribution in [3.63, 3.8) is 0 Å². The van der Waals surface area contributed by atoms with Gasteiger partial charge in [-0.3, -0.25) is 4.79 Å². The molecule has 4 rings (SSSR count). The SMILES string of the molecule is O=C1CC[C@H](COC(c2ccccc2)(c2ccccc2)c2ccccc2)O1. The van der Waals surface area contributed by atoms with E-state index in [1.807, 2.05) is 54.6 Å². The Hall–Kier alpha value is -2.91. The number of carbonyl (C=O) groups excluding carboxylic acids is 1. The summed E-state index contributed by atoms with van der Waals surface area (Å²) in [7, 11) is 0. The number of hydrogen-bond acceptors (Lipinski definition) is 3. The second-order valence-corrected chi connectivity index (χ2v) is 6.74. The molecule has 0 saturated carbocycles. The maximum Gasteiger partial charge on any atom is 0.306 e. The molecule has 0 aromatic heterocycles. The quantitative estimate of drug-likeness (QED) is 0.473. The van der Waals surface area contributed by atoms with Crippen molar-refractivity contribution in [2.75, 3.05) is 6.61 Å². The molecule has 3 aromatic carbocycles. The van der Waals surface area contributed by atoms with Crippen LogP contribution in [-0.2, 0) is 19.9 Å². The van der Waals surface area contributed by atoms with Crippen LogP contribution in [0.4, 0.5) is 0 Å². The first-order valence-electron chi connectivity index (χ1n) is 9.29. The predicted molar refractivity (Wildman–Crippen MR) is 104 cm³/mol. The third-order valence-corrected chi connectivity index (χ3v) is 5.00. The van der Waals surface area contributed by atoms with Crippen LogP contribution in [0.15, 0.2) is 91.0 Å². The van der Waals surface area contributed by atoms with E-state index < -0.39 is 5.60 Å². The molecule has 0 spiro atoms. The average molecular weight is 358 g/mol. The summed E-state index contributed by atoms with van der Waals surface area (Å²) in [5.74, 6) is -0.145. The summed E-state index contributed by atoms with van der Waals surface area (Å²) in [5.41, 5.74) is 2.38. The molecular weight excluding hydrogens is 336 g/mol. The number of esters is 1. The fraction of sp³-hybridized carbons (Fsp3) is 0.208. The second kappa shape index (κ2) is 7.77. The van der Waals surface area contributed by atoms with Gasteiger partial charge >= 0.3 is 5.97 Å². The van der Waals surface area contributed by atoms with Gasteiger partial charge in [-0.1, -0.05) is 91.0 Å². The Morgan fingerprint density at radius 3 is 1.59 bits per heavy atom.